The molecule has 5 nitrogen and oxygen atoms in total. The normalized spacial score (nSPS) is 16.4. The highest BCUT2D eigenvalue weighted by molar-refractivity contribution is 7.89. The molecule has 2 heterocycles. The molecule has 1 aromatic heterocycles. The zero-order valence-corrected chi connectivity index (χ0v) is 15.3. The van der Waals surface area contributed by atoms with Crippen molar-refractivity contribution in [1.82, 2.24) is 9.29 Å². The van der Waals surface area contributed by atoms with Crippen molar-refractivity contribution in [3.63, 3.8) is 0 Å². The van der Waals surface area contributed by atoms with Crippen LogP contribution in [0.5, 0.6) is 0 Å². The molecular weight excluding hydrogens is 346 g/mol. The van der Waals surface area contributed by atoms with Gasteiger partial charge in [-0.3, -0.25) is 4.98 Å². The van der Waals surface area contributed by atoms with Crippen LogP contribution in [0.2, 0.25) is 5.02 Å². The molecule has 0 radical (unpaired) electrons. The third-order valence-corrected chi connectivity index (χ3v) is 6.63. The lowest BCUT2D eigenvalue weighted by Gasteiger charge is -2.35. The summed E-state index contributed by atoms with van der Waals surface area (Å²) < 4.78 is 27.2. The highest BCUT2D eigenvalue weighted by atomic mass is 35.5. The minimum Gasteiger partial charge on any atom is -0.368 e. The second kappa shape index (κ2) is 6.70. The van der Waals surface area contributed by atoms with E-state index in [-0.39, 0.29) is 0 Å². The number of piperazine rings is 1. The van der Waals surface area contributed by atoms with E-state index in [0.29, 0.717) is 36.1 Å². The number of aryl methyl sites for hydroxylation is 2. The third-order valence-electron chi connectivity index (χ3n) is 4.45. The number of rotatable bonds is 3. The van der Waals surface area contributed by atoms with Crippen molar-refractivity contribution >= 4 is 27.3 Å². The fourth-order valence-electron chi connectivity index (χ4n) is 2.82. The average molecular weight is 366 g/mol. The fraction of sp³-hybridized carbons (Fsp3) is 0.353. The van der Waals surface area contributed by atoms with Gasteiger partial charge >= 0.3 is 0 Å². The monoisotopic (exact) mass is 365 g/mol. The Bertz CT molecular complexity index is 847. The number of anilines is 1. The van der Waals surface area contributed by atoms with E-state index in [4.69, 9.17) is 11.6 Å². The Morgan fingerprint density at radius 3 is 2.38 bits per heavy atom. The van der Waals surface area contributed by atoms with Gasteiger partial charge in [0.15, 0.2) is 0 Å². The maximum atomic E-state index is 12.8. The zero-order chi connectivity index (χ0) is 17.3. The third kappa shape index (κ3) is 3.27. The van der Waals surface area contributed by atoms with Crippen LogP contribution in [0, 0.1) is 13.8 Å². The zero-order valence-electron chi connectivity index (χ0n) is 13.7. The molecule has 7 heteroatoms. The van der Waals surface area contributed by atoms with Gasteiger partial charge in [0.2, 0.25) is 10.0 Å². The average Bonchev–Trinajstić information content (AvgIpc) is 2.58. The van der Waals surface area contributed by atoms with Crippen LogP contribution < -0.4 is 4.90 Å². The molecule has 1 aliphatic heterocycles. The minimum atomic E-state index is -3.46. The number of benzene rings is 1. The Labute approximate surface area is 147 Å². The summed E-state index contributed by atoms with van der Waals surface area (Å²) in [6, 6.07) is 7.14. The van der Waals surface area contributed by atoms with Gasteiger partial charge in [0, 0.05) is 38.6 Å². The lowest BCUT2D eigenvalue weighted by atomic mass is 10.1. The topological polar surface area (TPSA) is 53.5 Å². The summed E-state index contributed by atoms with van der Waals surface area (Å²) in [5, 5.41) is 0.586. The highest BCUT2D eigenvalue weighted by Crippen LogP contribution is 2.27. The van der Waals surface area contributed by atoms with Gasteiger partial charge in [0.25, 0.3) is 0 Å². The van der Waals surface area contributed by atoms with E-state index in [1.807, 2.05) is 26.0 Å². The van der Waals surface area contributed by atoms with Gasteiger partial charge in [-0.15, -0.1) is 0 Å². The molecule has 0 spiro atoms. The van der Waals surface area contributed by atoms with Gasteiger partial charge in [-0.2, -0.15) is 4.31 Å². The number of hydrogen-bond donors (Lipinski definition) is 0. The molecule has 0 atom stereocenters. The largest absolute Gasteiger partial charge is 0.368 e. The van der Waals surface area contributed by atoms with Crippen molar-refractivity contribution in [2.75, 3.05) is 31.1 Å². The van der Waals surface area contributed by atoms with E-state index in [1.54, 1.807) is 28.8 Å². The van der Waals surface area contributed by atoms with Gasteiger partial charge in [0.1, 0.15) is 0 Å². The van der Waals surface area contributed by atoms with E-state index < -0.39 is 10.0 Å². The van der Waals surface area contributed by atoms with E-state index in [2.05, 4.69) is 9.88 Å². The molecule has 0 unspecified atom stereocenters. The second-order valence-corrected chi connectivity index (χ2v) is 8.31. The van der Waals surface area contributed by atoms with Crippen LogP contribution in [0.1, 0.15) is 11.1 Å². The molecule has 0 amide bonds. The highest BCUT2D eigenvalue weighted by Gasteiger charge is 2.29. The SMILES string of the molecule is Cc1ccc(S(=O)(=O)N2CCN(c3ccncc3Cl)CC2)cc1C. The van der Waals surface area contributed by atoms with Crippen molar-refractivity contribution in [1.29, 1.82) is 0 Å². The van der Waals surface area contributed by atoms with Gasteiger partial charge < -0.3 is 4.90 Å². The lowest BCUT2D eigenvalue weighted by molar-refractivity contribution is 0.385. The molecule has 2 aromatic rings. The number of halogens is 1. The molecule has 3 rings (SSSR count). The van der Waals surface area contributed by atoms with E-state index >= 15 is 0 Å². The minimum absolute atomic E-state index is 0.362. The maximum Gasteiger partial charge on any atom is 0.243 e. The standard InChI is InChI=1S/C17H20ClN3O2S/c1-13-3-4-15(11-14(13)2)24(22,23)21-9-7-20(8-10-21)17-5-6-19-12-16(17)18/h3-6,11-12H,7-10H2,1-2H3. The molecule has 0 N–H and O–H groups in total. The molecule has 128 valence electrons. The van der Waals surface area contributed by atoms with Gasteiger partial charge in [-0.05, 0) is 43.2 Å². The van der Waals surface area contributed by atoms with Gasteiger partial charge in [-0.1, -0.05) is 17.7 Å². The Balaban J connectivity index is 1.76. The summed E-state index contributed by atoms with van der Waals surface area (Å²) in [5.41, 5.74) is 2.97. The first-order chi connectivity index (χ1) is 11.4. The first-order valence-electron chi connectivity index (χ1n) is 7.81. The summed E-state index contributed by atoms with van der Waals surface area (Å²) >= 11 is 6.18. The Morgan fingerprint density at radius 1 is 1.04 bits per heavy atom. The fourth-order valence-corrected chi connectivity index (χ4v) is 4.56. The summed E-state index contributed by atoms with van der Waals surface area (Å²) in [6.07, 6.45) is 3.30. The first kappa shape index (κ1) is 17.2. The van der Waals surface area contributed by atoms with Crippen LogP contribution in [0.15, 0.2) is 41.6 Å². The smallest absolute Gasteiger partial charge is 0.243 e. The molecule has 0 bridgehead atoms. The van der Waals surface area contributed by atoms with Crippen LogP contribution in [0.3, 0.4) is 0 Å². The number of aromatic nitrogens is 1. The molecular formula is C17H20ClN3O2S. The summed E-state index contributed by atoms with van der Waals surface area (Å²) in [7, 11) is -3.46. The van der Waals surface area contributed by atoms with E-state index in [0.717, 1.165) is 16.8 Å². The second-order valence-electron chi connectivity index (χ2n) is 5.96. The summed E-state index contributed by atoms with van der Waals surface area (Å²) in [5.74, 6) is 0. The molecule has 1 aliphatic rings. The van der Waals surface area contributed by atoms with Crippen molar-refractivity contribution in [2.45, 2.75) is 18.7 Å². The predicted octanol–water partition coefficient (Wildman–Crippen LogP) is 2.86. The van der Waals surface area contributed by atoms with E-state index in [9.17, 15) is 8.42 Å². The summed E-state index contributed by atoms with van der Waals surface area (Å²) in [4.78, 5) is 6.44. The lowest BCUT2D eigenvalue weighted by Crippen LogP contribution is -2.48. The molecule has 0 aliphatic carbocycles. The predicted molar refractivity (Wildman–Crippen MR) is 96.1 cm³/mol. The molecule has 1 saturated heterocycles. The quantitative estimate of drug-likeness (QED) is 0.839. The van der Waals surface area contributed by atoms with Crippen LogP contribution in [-0.4, -0.2) is 43.9 Å². The van der Waals surface area contributed by atoms with Crippen molar-refractivity contribution in [2.24, 2.45) is 0 Å². The number of nitrogens with zero attached hydrogens (tertiary/aromatic N) is 3. The van der Waals surface area contributed by atoms with E-state index in [1.165, 1.54) is 0 Å². The molecule has 1 aromatic carbocycles. The van der Waals surface area contributed by atoms with Crippen LogP contribution >= 0.6 is 11.6 Å². The Morgan fingerprint density at radius 2 is 1.75 bits per heavy atom. The Hall–Kier alpha value is -1.63. The molecule has 24 heavy (non-hydrogen) atoms. The molecule has 1 fully saturated rings. The number of hydrogen-bond acceptors (Lipinski definition) is 4. The number of pyridine rings is 1. The molecule has 0 saturated carbocycles. The number of sulfonamides is 1. The maximum absolute atomic E-state index is 12.8. The van der Waals surface area contributed by atoms with Gasteiger partial charge in [0.05, 0.1) is 15.6 Å². The Kier molecular flexibility index (Phi) is 4.80. The van der Waals surface area contributed by atoms with Crippen molar-refractivity contribution in [3.8, 4) is 0 Å². The van der Waals surface area contributed by atoms with Crippen molar-refractivity contribution < 1.29 is 8.42 Å². The first-order valence-corrected chi connectivity index (χ1v) is 9.63. The van der Waals surface area contributed by atoms with Gasteiger partial charge in [-0.25, -0.2) is 8.42 Å². The van der Waals surface area contributed by atoms with Crippen molar-refractivity contribution in [3.05, 3.63) is 52.8 Å². The van der Waals surface area contributed by atoms with Crippen LogP contribution in [-0.2, 0) is 10.0 Å². The van der Waals surface area contributed by atoms with Crippen LogP contribution in [0.25, 0.3) is 0 Å². The summed E-state index contributed by atoms with van der Waals surface area (Å²) in [6.45, 7) is 5.99. The van der Waals surface area contributed by atoms with Crippen LogP contribution in [0.4, 0.5) is 5.69 Å².